The number of hydrogen-bond donors (Lipinski definition) is 1. The Hall–Kier alpha value is -2.80. The zero-order chi connectivity index (χ0) is 19.6. The number of halogens is 1. The summed E-state index contributed by atoms with van der Waals surface area (Å²) < 4.78 is 17.0. The number of hydrogen-bond acceptors (Lipinski definition) is 5. The van der Waals surface area contributed by atoms with Crippen molar-refractivity contribution in [2.24, 2.45) is 5.10 Å². The van der Waals surface area contributed by atoms with Gasteiger partial charge >= 0.3 is 0 Å². The highest BCUT2D eigenvalue weighted by molar-refractivity contribution is 9.10. The fourth-order valence-electron chi connectivity index (χ4n) is 2.20. The van der Waals surface area contributed by atoms with Crippen LogP contribution in [0.2, 0.25) is 0 Å². The topological polar surface area (TPSA) is 69.2 Å². The fourth-order valence-corrected chi connectivity index (χ4v) is 2.77. The predicted molar refractivity (Wildman–Crippen MR) is 109 cm³/mol. The molecule has 2 rings (SSSR count). The van der Waals surface area contributed by atoms with Crippen LogP contribution in [-0.4, -0.2) is 32.4 Å². The van der Waals surface area contributed by atoms with Gasteiger partial charge in [0.15, 0.2) is 11.5 Å². The number of rotatable bonds is 9. The minimum Gasteiger partial charge on any atom is -0.494 e. The zero-order valence-corrected chi connectivity index (χ0v) is 16.8. The predicted octanol–water partition coefficient (Wildman–Crippen LogP) is 4.19. The number of carbonyl (C=O) groups is 1. The molecule has 6 nitrogen and oxygen atoms in total. The first-order valence-corrected chi connectivity index (χ1v) is 9.05. The van der Waals surface area contributed by atoms with E-state index in [2.05, 4.69) is 33.0 Å². The maximum Gasteiger partial charge on any atom is 0.271 e. The molecule has 142 valence electrons. The number of methoxy groups -OCH3 is 1. The van der Waals surface area contributed by atoms with E-state index in [1.165, 1.54) is 6.21 Å². The molecule has 0 saturated carbocycles. The molecule has 0 fully saturated rings. The van der Waals surface area contributed by atoms with Crippen LogP contribution >= 0.6 is 15.9 Å². The molecule has 0 unspecified atom stereocenters. The summed E-state index contributed by atoms with van der Waals surface area (Å²) in [6, 6.07) is 10.4. The maximum absolute atomic E-state index is 12.1. The molecule has 1 N–H and O–H groups in total. The largest absolute Gasteiger partial charge is 0.494 e. The molecule has 0 heterocycles. The minimum absolute atomic E-state index is 0.314. The summed E-state index contributed by atoms with van der Waals surface area (Å²) in [5.74, 6) is 1.53. The van der Waals surface area contributed by atoms with Gasteiger partial charge in [-0.3, -0.25) is 4.79 Å². The lowest BCUT2D eigenvalue weighted by molar-refractivity contribution is 0.0955. The van der Waals surface area contributed by atoms with Crippen LogP contribution in [0.3, 0.4) is 0 Å². The number of carbonyl (C=O) groups excluding carboxylic acids is 1. The Morgan fingerprint density at radius 1 is 1.26 bits per heavy atom. The van der Waals surface area contributed by atoms with Crippen molar-refractivity contribution in [1.82, 2.24) is 5.43 Å². The average Bonchev–Trinajstić information content (AvgIpc) is 2.67. The summed E-state index contributed by atoms with van der Waals surface area (Å²) >= 11 is 3.45. The summed E-state index contributed by atoms with van der Waals surface area (Å²) in [5.41, 5.74) is 3.72. The van der Waals surface area contributed by atoms with E-state index in [-0.39, 0.29) is 5.91 Å². The molecule has 0 aliphatic carbocycles. The Labute approximate surface area is 167 Å². The van der Waals surface area contributed by atoms with E-state index in [1.54, 1.807) is 43.5 Å². The molecular formula is C20H21BrN2O4. The van der Waals surface area contributed by atoms with Gasteiger partial charge in [0.1, 0.15) is 12.4 Å². The lowest BCUT2D eigenvalue weighted by Crippen LogP contribution is -2.17. The quantitative estimate of drug-likeness (QED) is 0.366. The Morgan fingerprint density at radius 3 is 2.63 bits per heavy atom. The van der Waals surface area contributed by atoms with Crippen molar-refractivity contribution < 1.29 is 19.0 Å². The highest BCUT2D eigenvalue weighted by Crippen LogP contribution is 2.36. The molecule has 0 radical (unpaired) electrons. The second-order valence-corrected chi connectivity index (χ2v) is 6.14. The van der Waals surface area contributed by atoms with Crippen molar-refractivity contribution >= 4 is 28.1 Å². The fraction of sp³-hybridized carbons (Fsp3) is 0.200. The Morgan fingerprint density at radius 2 is 2.00 bits per heavy atom. The molecule has 0 spiro atoms. The van der Waals surface area contributed by atoms with Crippen molar-refractivity contribution in [3.05, 3.63) is 64.7 Å². The molecule has 2 aromatic rings. The van der Waals surface area contributed by atoms with Crippen LogP contribution in [0.5, 0.6) is 17.2 Å². The van der Waals surface area contributed by atoms with Crippen molar-refractivity contribution in [3.63, 3.8) is 0 Å². The summed E-state index contributed by atoms with van der Waals surface area (Å²) in [4.78, 5) is 12.1. The second kappa shape index (κ2) is 10.4. The van der Waals surface area contributed by atoms with Crippen LogP contribution in [0.15, 0.2) is 58.6 Å². The lowest BCUT2D eigenvalue weighted by atomic mass is 10.2. The Kier molecular flexibility index (Phi) is 7.88. The Bertz CT molecular complexity index is 819. The van der Waals surface area contributed by atoms with E-state index in [0.29, 0.717) is 40.5 Å². The molecular weight excluding hydrogens is 412 g/mol. The molecule has 0 aromatic heterocycles. The minimum atomic E-state index is -0.314. The third-order valence-electron chi connectivity index (χ3n) is 3.40. The van der Waals surface area contributed by atoms with Crippen molar-refractivity contribution in [3.8, 4) is 17.2 Å². The Balaban J connectivity index is 2.05. The highest BCUT2D eigenvalue weighted by Gasteiger charge is 2.11. The molecule has 27 heavy (non-hydrogen) atoms. The normalized spacial score (nSPS) is 10.5. The molecule has 2 aromatic carbocycles. The van der Waals surface area contributed by atoms with Crippen LogP contribution in [0, 0.1) is 0 Å². The van der Waals surface area contributed by atoms with Crippen LogP contribution in [0.25, 0.3) is 0 Å². The van der Waals surface area contributed by atoms with Gasteiger partial charge < -0.3 is 14.2 Å². The van der Waals surface area contributed by atoms with Gasteiger partial charge in [-0.25, -0.2) is 5.43 Å². The van der Waals surface area contributed by atoms with Crippen molar-refractivity contribution in [1.29, 1.82) is 0 Å². The molecule has 1 amide bonds. The van der Waals surface area contributed by atoms with Gasteiger partial charge in [0.05, 0.1) is 24.4 Å². The highest BCUT2D eigenvalue weighted by atomic mass is 79.9. The van der Waals surface area contributed by atoms with E-state index in [9.17, 15) is 4.79 Å². The first-order valence-electron chi connectivity index (χ1n) is 8.26. The molecule has 0 aliphatic heterocycles. The van der Waals surface area contributed by atoms with Gasteiger partial charge in [-0.05, 0) is 64.8 Å². The molecule has 7 heteroatoms. The number of nitrogens with one attached hydrogen (secondary N) is 1. The number of benzene rings is 2. The van der Waals surface area contributed by atoms with Crippen LogP contribution < -0.4 is 19.6 Å². The van der Waals surface area contributed by atoms with Crippen LogP contribution in [0.1, 0.15) is 22.8 Å². The first-order chi connectivity index (χ1) is 13.1. The van der Waals surface area contributed by atoms with Crippen molar-refractivity contribution in [2.75, 3.05) is 20.3 Å². The summed E-state index contributed by atoms with van der Waals surface area (Å²) in [7, 11) is 1.55. The van der Waals surface area contributed by atoms with Gasteiger partial charge in [0, 0.05) is 5.56 Å². The monoisotopic (exact) mass is 432 g/mol. The van der Waals surface area contributed by atoms with E-state index in [1.807, 2.05) is 13.0 Å². The van der Waals surface area contributed by atoms with E-state index >= 15 is 0 Å². The smallest absolute Gasteiger partial charge is 0.271 e. The third kappa shape index (κ3) is 5.86. The summed E-state index contributed by atoms with van der Waals surface area (Å²) in [6.45, 7) is 6.47. The molecule has 0 atom stereocenters. The standard InChI is InChI=1S/C20H21BrN2O4/c1-4-10-27-19-17(21)11-14(12-18(19)25-3)13-22-23-20(24)15-6-8-16(9-7-15)26-5-2/h4,6-9,11-13H,1,5,10H2,2-3H3,(H,23,24)/b22-13-. The van der Waals surface area contributed by atoms with Gasteiger partial charge in [-0.1, -0.05) is 12.7 Å². The van der Waals surface area contributed by atoms with Crippen LogP contribution in [-0.2, 0) is 0 Å². The number of nitrogens with zero attached hydrogens (tertiary/aromatic N) is 1. The summed E-state index contributed by atoms with van der Waals surface area (Å²) in [6.07, 6.45) is 3.18. The lowest BCUT2D eigenvalue weighted by Gasteiger charge is -2.12. The summed E-state index contributed by atoms with van der Waals surface area (Å²) in [5, 5.41) is 4.00. The zero-order valence-electron chi connectivity index (χ0n) is 15.2. The molecule has 0 aliphatic rings. The maximum atomic E-state index is 12.1. The van der Waals surface area contributed by atoms with Gasteiger partial charge in [-0.2, -0.15) is 5.10 Å². The number of hydrazone groups is 1. The van der Waals surface area contributed by atoms with E-state index in [4.69, 9.17) is 14.2 Å². The first kappa shape index (κ1) is 20.5. The second-order valence-electron chi connectivity index (χ2n) is 5.29. The number of amides is 1. The molecule has 0 saturated heterocycles. The SMILES string of the molecule is C=CCOc1c(Br)cc(/C=N\NC(=O)c2ccc(OCC)cc2)cc1OC. The number of ether oxygens (including phenoxy) is 3. The van der Waals surface area contributed by atoms with E-state index in [0.717, 1.165) is 5.56 Å². The van der Waals surface area contributed by atoms with Gasteiger partial charge in [0.2, 0.25) is 0 Å². The van der Waals surface area contributed by atoms with Crippen molar-refractivity contribution in [2.45, 2.75) is 6.92 Å². The van der Waals surface area contributed by atoms with Crippen LogP contribution in [0.4, 0.5) is 0 Å². The average molecular weight is 433 g/mol. The molecule has 0 bridgehead atoms. The van der Waals surface area contributed by atoms with Gasteiger partial charge in [0.25, 0.3) is 5.91 Å². The van der Waals surface area contributed by atoms with E-state index < -0.39 is 0 Å². The van der Waals surface area contributed by atoms with Gasteiger partial charge in [-0.15, -0.1) is 0 Å². The third-order valence-corrected chi connectivity index (χ3v) is 3.99.